The van der Waals surface area contributed by atoms with Crippen molar-refractivity contribution >= 4 is 0 Å². The fraction of sp³-hybridized carbons (Fsp3) is 1.00. The average molecular weight is 403 g/mol. The first-order valence-electron chi connectivity index (χ1n) is 13.1. The molecule has 166 valence electrons. The minimum Gasteiger partial charge on any atom is -0.390 e. The molecule has 10 atom stereocenters. The number of aliphatic hydroxyl groups is 1. The minimum absolute atomic E-state index is 0.0434. The van der Waals surface area contributed by atoms with Crippen molar-refractivity contribution in [1.29, 1.82) is 0 Å². The topological polar surface area (TPSA) is 32.8 Å². The zero-order valence-corrected chi connectivity index (χ0v) is 19.8. The van der Waals surface area contributed by atoms with E-state index in [1.807, 2.05) is 0 Å². The van der Waals surface area contributed by atoms with Crippen LogP contribution in [0, 0.1) is 46.3 Å². The molecule has 5 fully saturated rings. The first-order valence-corrected chi connectivity index (χ1v) is 13.1. The summed E-state index contributed by atoms with van der Waals surface area (Å²) in [6, 6.07) is 0. The van der Waals surface area contributed by atoms with Crippen molar-refractivity contribution in [3.05, 3.63) is 0 Å². The molecule has 0 amide bonds. The summed E-state index contributed by atoms with van der Waals surface area (Å²) in [6.07, 6.45) is 14.8. The average Bonchev–Trinajstić information content (AvgIpc) is 3.31. The zero-order chi connectivity index (χ0) is 20.6. The third-order valence-corrected chi connectivity index (χ3v) is 11.3. The maximum Gasteiger partial charge on any atom is 0.114 e. The molecule has 0 aromatic rings. The van der Waals surface area contributed by atoms with Gasteiger partial charge in [-0.15, -0.1) is 0 Å². The van der Waals surface area contributed by atoms with E-state index in [-0.39, 0.29) is 17.8 Å². The summed E-state index contributed by atoms with van der Waals surface area (Å²) < 4.78 is 6.34. The number of hydrogen-bond donors (Lipinski definition) is 1. The lowest BCUT2D eigenvalue weighted by Gasteiger charge is -2.60. The highest BCUT2D eigenvalue weighted by Crippen LogP contribution is 2.73. The summed E-state index contributed by atoms with van der Waals surface area (Å²) in [4.78, 5) is 0. The zero-order valence-electron chi connectivity index (χ0n) is 19.8. The van der Waals surface area contributed by atoms with Gasteiger partial charge in [0, 0.05) is 5.41 Å². The third kappa shape index (κ3) is 2.86. The van der Waals surface area contributed by atoms with Gasteiger partial charge in [0.15, 0.2) is 0 Å². The van der Waals surface area contributed by atoms with Crippen LogP contribution in [-0.2, 0) is 4.74 Å². The number of aliphatic hydroxyl groups excluding tert-OH is 1. The number of hydrogen-bond acceptors (Lipinski definition) is 2. The van der Waals surface area contributed by atoms with Crippen LogP contribution in [0.4, 0.5) is 0 Å². The van der Waals surface area contributed by atoms with Crippen LogP contribution in [0.5, 0.6) is 0 Å². The Balaban J connectivity index is 1.32. The Bertz CT molecular complexity index is 630. The highest BCUT2D eigenvalue weighted by Gasteiger charge is 2.76. The van der Waals surface area contributed by atoms with Crippen LogP contribution in [0.3, 0.4) is 0 Å². The maximum absolute atomic E-state index is 10.4. The van der Waals surface area contributed by atoms with E-state index in [2.05, 4.69) is 34.6 Å². The molecule has 1 N–H and O–H groups in total. The second-order valence-corrected chi connectivity index (χ2v) is 12.9. The number of rotatable bonds is 5. The molecule has 1 aliphatic heterocycles. The molecule has 0 bridgehead atoms. The smallest absolute Gasteiger partial charge is 0.114 e. The van der Waals surface area contributed by atoms with Crippen LogP contribution in [-0.4, -0.2) is 22.9 Å². The van der Waals surface area contributed by atoms with Crippen molar-refractivity contribution in [2.24, 2.45) is 46.3 Å². The summed E-state index contributed by atoms with van der Waals surface area (Å²) in [6.45, 7) is 12.6. The Hall–Kier alpha value is -0.0800. The Labute approximate surface area is 179 Å². The largest absolute Gasteiger partial charge is 0.390 e. The number of ether oxygens (including phenoxy) is 1. The molecule has 1 heterocycles. The number of fused-ring (bicyclic) bond motifs is 4. The Kier molecular flexibility index (Phi) is 4.99. The predicted molar refractivity (Wildman–Crippen MR) is 119 cm³/mol. The molecule has 0 aromatic carbocycles. The van der Waals surface area contributed by atoms with Crippen LogP contribution >= 0.6 is 0 Å². The van der Waals surface area contributed by atoms with Gasteiger partial charge in [0.2, 0.25) is 0 Å². The highest BCUT2D eigenvalue weighted by atomic mass is 16.6. The molecular weight excluding hydrogens is 356 g/mol. The molecule has 2 nitrogen and oxygen atoms in total. The minimum atomic E-state index is -0.198. The summed E-state index contributed by atoms with van der Waals surface area (Å²) in [5.74, 6) is 5.38. The summed E-state index contributed by atoms with van der Waals surface area (Å²) in [5, 5.41) is 10.4. The van der Waals surface area contributed by atoms with Crippen molar-refractivity contribution in [3.8, 4) is 0 Å². The van der Waals surface area contributed by atoms with E-state index in [0.29, 0.717) is 10.8 Å². The van der Waals surface area contributed by atoms with Gasteiger partial charge in [-0.1, -0.05) is 53.9 Å². The summed E-state index contributed by atoms with van der Waals surface area (Å²) in [7, 11) is 0. The van der Waals surface area contributed by atoms with Gasteiger partial charge in [0.05, 0.1) is 6.10 Å². The second kappa shape index (κ2) is 6.96. The monoisotopic (exact) mass is 402 g/mol. The van der Waals surface area contributed by atoms with Gasteiger partial charge in [-0.05, 0) is 92.3 Å². The van der Waals surface area contributed by atoms with E-state index in [0.717, 1.165) is 41.9 Å². The third-order valence-electron chi connectivity index (χ3n) is 11.3. The van der Waals surface area contributed by atoms with Crippen LogP contribution in [0.25, 0.3) is 0 Å². The van der Waals surface area contributed by atoms with E-state index in [9.17, 15) is 5.11 Å². The Morgan fingerprint density at radius 1 is 0.897 bits per heavy atom. The van der Waals surface area contributed by atoms with Crippen molar-refractivity contribution in [2.45, 2.75) is 123 Å². The van der Waals surface area contributed by atoms with Crippen molar-refractivity contribution in [2.75, 3.05) is 0 Å². The van der Waals surface area contributed by atoms with Crippen molar-refractivity contribution in [1.82, 2.24) is 0 Å². The molecule has 1 saturated heterocycles. The lowest BCUT2D eigenvalue weighted by molar-refractivity contribution is -0.120. The van der Waals surface area contributed by atoms with E-state index >= 15 is 0 Å². The molecule has 1 spiro atoms. The van der Waals surface area contributed by atoms with E-state index in [1.165, 1.54) is 64.2 Å². The van der Waals surface area contributed by atoms with Gasteiger partial charge in [-0.2, -0.15) is 0 Å². The molecular formula is C27H46O2. The van der Waals surface area contributed by atoms with Gasteiger partial charge in [-0.3, -0.25) is 0 Å². The van der Waals surface area contributed by atoms with Crippen LogP contribution in [0.1, 0.15) is 105 Å². The van der Waals surface area contributed by atoms with Gasteiger partial charge in [-0.25, -0.2) is 0 Å². The fourth-order valence-corrected chi connectivity index (χ4v) is 9.72. The molecule has 4 saturated carbocycles. The second-order valence-electron chi connectivity index (χ2n) is 12.9. The maximum atomic E-state index is 10.4. The molecule has 29 heavy (non-hydrogen) atoms. The molecule has 4 aliphatic carbocycles. The summed E-state index contributed by atoms with van der Waals surface area (Å²) >= 11 is 0. The predicted octanol–water partition coefficient (Wildman–Crippen LogP) is 6.60. The van der Waals surface area contributed by atoms with Crippen LogP contribution in [0.2, 0.25) is 0 Å². The molecule has 0 unspecified atom stereocenters. The van der Waals surface area contributed by atoms with Crippen LogP contribution < -0.4 is 0 Å². The molecule has 5 aliphatic rings. The lowest BCUT2D eigenvalue weighted by atomic mass is 9.44. The highest BCUT2D eigenvalue weighted by molar-refractivity contribution is 5.24. The summed E-state index contributed by atoms with van der Waals surface area (Å²) in [5.41, 5.74) is 0.946. The molecule has 2 heteroatoms. The van der Waals surface area contributed by atoms with Crippen molar-refractivity contribution < 1.29 is 9.84 Å². The van der Waals surface area contributed by atoms with E-state index in [4.69, 9.17) is 4.74 Å². The molecule has 0 radical (unpaired) electrons. The number of epoxide rings is 1. The lowest BCUT2D eigenvalue weighted by Crippen LogP contribution is -2.58. The van der Waals surface area contributed by atoms with E-state index in [1.54, 1.807) is 0 Å². The van der Waals surface area contributed by atoms with Gasteiger partial charge < -0.3 is 9.84 Å². The fourth-order valence-electron chi connectivity index (χ4n) is 9.72. The van der Waals surface area contributed by atoms with E-state index < -0.39 is 0 Å². The van der Waals surface area contributed by atoms with Gasteiger partial charge in [0.1, 0.15) is 11.7 Å². The van der Waals surface area contributed by atoms with Crippen LogP contribution in [0.15, 0.2) is 0 Å². The first-order chi connectivity index (χ1) is 13.7. The Morgan fingerprint density at radius 3 is 2.45 bits per heavy atom. The van der Waals surface area contributed by atoms with Gasteiger partial charge >= 0.3 is 0 Å². The normalized spacial score (nSPS) is 54.3. The first kappa shape index (κ1) is 20.8. The molecule has 0 aromatic heterocycles. The Morgan fingerprint density at radius 2 is 1.69 bits per heavy atom. The molecule has 5 rings (SSSR count). The standard InChI is InChI=1S/C27H46O2/c1-17(2)7-6-8-18(3)20-9-10-21-19-11-16-27-24(29-27)23(28)13-15-26(27,5)22(19)12-14-25(20,21)4/h17-24,28H,6-16H2,1-5H3/t18-,19+,20-,21+,22+,23+,24+,25-,26-,27+/m1/s1. The quantitative estimate of drug-likeness (QED) is 0.525. The van der Waals surface area contributed by atoms with Crippen molar-refractivity contribution in [3.63, 3.8) is 0 Å². The SMILES string of the molecule is CC(C)CCC[C@@H](C)[C@H]1CC[C@H]2[C@@H]3CC[C@]45O[C@H]4[C@@H](O)CC[C@]5(C)[C@H]3CC[C@]12C. The van der Waals surface area contributed by atoms with Gasteiger partial charge in [0.25, 0.3) is 0 Å².